The maximum Gasteiger partial charge on any atom is 0.332 e. The number of nitrogens with two attached hydrogens (primary N) is 1. The van der Waals surface area contributed by atoms with Gasteiger partial charge in [0.25, 0.3) is 5.56 Å². The number of ketones is 1. The first-order valence-corrected chi connectivity index (χ1v) is 10.8. The van der Waals surface area contributed by atoms with E-state index < -0.39 is 35.2 Å². The molecule has 11 heteroatoms. The van der Waals surface area contributed by atoms with Crippen molar-refractivity contribution in [1.82, 2.24) is 14.0 Å². The van der Waals surface area contributed by atoms with E-state index in [0.29, 0.717) is 12.8 Å². The third-order valence-electron chi connectivity index (χ3n) is 5.91. The van der Waals surface area contributed by atoms with Crippen molar-refractivity contribution in [1.29, 1.82) is 0 Å². The van der Waals surface area contributed by atoms with Gasteiger partial charge in [-0.1, -0.05) is 26.0 Å². The summed E-state index contributed by atoms with van der Waals surface area (Å²) in [7, 11) is 1.24. The molecule has 2 heterocycles. The predicted octanol–water partition coefficient (Wildman–Crippen LogP) is -0.148. The van der Waals surface area contributed by atoms with Crippen LogP contribution >= 0.6 is 0 Å². The summed E-state index contributed by atoms with van der Waals surface area (Å²) in [6, 6.07) is 0. The molecule has 1 aliphatic heterocycles. The van der Waals surface area contributed by atoms with Crippen LogP contribution < -0.4 is 17.0 Å². The fourth-order valence-corrected chi connectivity index (χ4v) is 4.17. The number of aromatic nitrogens is 2. The molecule has 0 saturated carbocycles. The van der Waals surface area contributed by atoms with Crippen LogP contribution in [0.4, 0.5) is 5.82 Å². The van der Waals surface area contributed by atoms with Gasteiger partial charge in [0.2, 0.25) is 17.6 Å². The van der Waals surface area contributed by atoms with Crippen molar-refractivity contribution < 1.29 is 23.9 Å². The van der Waals surface area contributed by atoms with Crippen LogP contribution in [-0.4, -0.2) is 50.8 Å². The van der Waals surface area contributed by atoms with Gasteiger partial charge >= 0.3 is 11.7 Å². The van der Waals surface area contributed by atoms with Crippen LogP contribution in [0.2, 0.25) is 0 Å². The van der Waals surface area contributed by atoms with E-state index in [-0.39, 0.29) is 54.9 Å². The van der Waals surface area contributed by atoms with Gasteiger partial charge in [0.15, 0.2) is 6.61 Å². The van der Waals surface area contributed by atoms with Crippen LogP contribution in [0.1, 0.15) is 43.5 Å². The standard InChI is InChI=1S/C22H28N4O7/c1-12(2)10-26-18(23)17(21(31)24(3)22(26)32)15(27)11-33-16(28)8-9-25-19(29)13-6-4-5-7-14(13)20(25)30/h4-5,12-14H,6-11,23H2,1-3H3/t13-,14-/m0/s1. The summed E-state index contributed by atoms with van der Waals surface area (Å²) in [6.07, 6.45) is 4.46. The molecule has 2 amide bonds. The van der Waals surface area contributed by atoms with Crippen LogP contribution in [-0.2, 0) is 32.7 Å². The molecule has 1 saturated heterocycles. The minimum Gasteiger partial charge on any atom is -0.457 e. The van der Waals surface area contributed by atoms with E-state index in [1.807, 2.05) is 26.0 Å². The van der Waals surface area contributed by atoms with E-state index in [0.717, 1.165) is 14.0 Å². The number of carbonyl (C=O) groups is 4. The van der Waals surface area contributed by atoms with E-state index in [9.17, 15) is 28.8 Å². The number of nitrogen functional groups attached to an aromatic ring is 1. The second-order valence-corrected chi connectivity index (χ2v) is 8.73. The molecule has 2 atom stereocenters. The Morgan fingerprint density at radius 1 is 1.09 bits per heavy atom. The third-order valence-corrected chi connectivity index (χ3v) is 5.91. The smallest absolute Gasteiger partial charge is 0.332 e. The number of hydrogen-bond donors (Lipinski definition) is 1. The molecule has 0 unspecified atom stereocenters. The Kier molecular flexibility index (Phi) is 6.99. The van der Waals surface area contributed by atoms with Gasteiger partial charge in [-0.05, 0) is 18.8 Å². The number of imide groups is 1. The van der Waals surface area contributed by atoms with Gasteiger partial charge in [-0.3, -0.25) is 38.0 Å². The summed E-state index contributed by atoms with van der Waals surface area (Å²) >= 11 is 0. The molecule has 33 heavy (non-hydrogen) atoms. The Balaban J connectivity index is 1.63. The van der Waals surface area contributed by atoms with Crippen molar-refractivity contribution in [3.63, 3.8) is 0 Å². The number of carbonyl (C=O) groups excluding carboxylic acids is 4. The van der Waals surface area contributed by atoms with E-state index in [1.54, 1.807) is 0 Å². The highest BCUT2D eigenvalue weighted by Gasteiger charge is 2.47. The van der Waals surface area contributed by atoms with Crippen LogP contribution in [0.5, 0.6) is 0 Å². The Hall–Kier alpha value is -3.50. The molecule has 3 rings (SSSR count). The van der Waals surface area contributed by atoms with E-state index in [1.165, 1.54) is 7.05 Å². The monoisotopic (exact) mass is 460 g/mol. The summed E-state index contributed by atoms with van der Waals surface area (Å²) in [5.41, 5.74) is 4.00. The molecular formula is C22H28N4O7. The third kappa shape index (κ3) is 4.67. The van der Waals surface area contributed by atoms with Crippen LogP contribution in [0.3, 0.4) is 0 Å². The fraction of sp³-hybridized carbons (Fsp3) is 0.545. The maximum atomic E-state index is 12.6. The molecule has 0 spiro atoms. The Labute approximate surface area is 189 Å². The molecule has 2 N–H and O–H groups in total. The molecule has 2 aliphatic rings. The highest BCUT2D eigenvalue weighted by molar-refractivity contribution is 6.05. The lowest BCUT2D eigenvalue weighted by Crippen LogP contribution is -2.43. The van der Waals surface area contributed by atoms with Crippen LogP contribution in [0, 0.1) is 17.8 Å². The first-order valence-electron chi connectivity index (χ1n) is 10.8. The van der Waals surface area contributed by atoms with Gasteiger partial charge in [0.1, 0.15) is 11.4 Å². The quantitative estimate of drug-likeness (QED) is 0.243. The highest BCUT2D eigenvalue weighted by atomic mass is 16.5. The zero-order valence-electron chi connectivity index (χ0n) is 18.9. The second kappa shape index (κ2) is 9.55. The van der Waals surface area contributed by atoms with Crippen LogP contribution in [0.15, 0.2) is 21.7 Å². The minimum atomic E-state index is -0.872. The summed E-state index contributed by atoms with van der Waals surface area (Å²) in [5, 5.41) is 0. The fourth-order valence-electron chi connectivity index (χ4n) is 4.17. The number of ether oxygens (including phenoxy) is 1. The summed E-state index contributed by atoms with van der Waals surface area (Å²) < 4.78 is 6.89. The van der Waals surface area contributed by atoms with Crippen molar-refractivity contribution in [2.24, 2.45) is 24.8 Å². The predicted molar refractivity (Wildman–Crippen MR) is 117 cm³/mol. The minimum absolute atomic E-state index is 0.0268. The number of amides is 2. The van der Waals surface area contributed by atoms with Crippen molar-refractivity contribution in [3.05, 3.63) is 38.6 Å². The lowest BCUT2D eigenvalue weighted by molar-refractivity contribution is -0.145. The van der Waals surface area contributed by atoms with Crippen LogP contribution in [0.25, 0.3) is 0 Å². The topological polar surface area (TPSA) is 151 Å². The Morgan fingerprint density at radius 3 is 2.21 bits per heavy atom. The summed E-state index contributed by atoms with van der Waals surface area (Å²) in [6.45, 7) is 3.01. The SMILES string of the molecule is CC(C)Cn1c(N)c(C(=O)COC(=O)CCN2C(=O)[C@H]3CC=CC[C@@H]3C2=O)c(=O)n(C)c1=O. The number of fused-ring (bicyclic) bond motifs is 1. The molecule has 0 aromatic carbocycles. The summed E-state index contributed by atoms with van der Waals surface area (Å²) in [5.74, 6) is -3.28. The number of rotatable bonds is 8. The Morgan fingerprint density at radius 2 is 1.67 bits per heavy atom. The van der Waals surface area contributed by atoms with Gasteiger partial charge in [0, 0.05) is 20.1 Å². The first kappa shape index (κ1) is 24.1. The van der Waals surface area contributed by atoms with E-state index in [2.05, 4.69) is 0 Å². The summed E-state index contributed by atoms with van der Waals surface area (Å²) in [4.78, 5) is 75.5. The molecular weight excluding hydrogens is 432 g/mol. The number of esters is 1. The number of hydrogen-bond acceptors (Lipinski definition) is 8. The molecule has 1 fully saturated rings. The van der Waals surface area contributed by atoms with E-state index in [4.69, 9.17) is 10.5 Å². The van der Waals surface area contributed by atoms with Gasteiger partial charge in [-0.25, -0.2) is 4.79 Å². The van der Waals surface area contributed by atoms with Gasteiger partial charge < -0.3 is 10.5 Å². The lowest BCUT2D eigenvalue weighted by Gasteiger charge is -2.16. The molecule has 1 aromatic rings. The van der Waals surface area contributed by atoms with Crippen molar-refractivity contribution in [2.75, 3.05) is 18.9 Å². The van der Waals surface area contributed by atoms with Gasteiger partial charge in [0.05, 0.1) is 18.3 Å². The second-order valence-electron chi connectivity index (χ2n) is 8.73. The van der Waals surface area contributed by atoms with E-state index >= 15 is 0 Å². The molecule has 0 bridgehead atoms. The Bertz CT molecular complexity index is 1120. The zero-order chi connectivity index (χ0) is 24.4. The van der Waals surface area contributed by atoms with Crippen molar-refractivity contribution in [2.45, 2.75) is 39.7 Å². The number of Topliss-reactive ketones (excluding diaryl/α,β-unsaturated/α-hetero) is 1. The normalized spacial score (nSPS) is 19.8. The highest BCUT2D eigenvalue weighted by Crippen LogP contribution is 2.35. The lowest BCUT2D eigenvalue weighted by atomic mass is 9.85. The molecule has 1 aromatic heterocycles. The molecule has 11 nitrogen and oxygen atoms in total. The first-order chi connectivity index (χ1) is 15.5. The number of anilines is 1. The molecule has 1 aliphatic carbocycles. The average molecular weight is 460 g/mol. The molecule has 178 valence electrons. The van der Waals surface area contributed by atoms with Crippen molar-refractivity contribution >= 4 is 29.4 Å². The van der Waals surface area contributed by atoms with Crippen molar-refractivity contribution in [3.8, 4) is 0 Å². The van der Waals surface area contributed by atoms with Gasteiger partial charge in [-0.2, -0.15) is 0 Å². The maximum absolute atomic E-state index is 12.6. The van der Waals surface area contributed by atoms with Gasteiger partial charge in [-0.15, -0.1) is 0 Å². The zero-order valence-corrected chi connectivity index (χ0v) is 18.9. The number of likely N-dealkylation sites (tertiary alicyclic amines) is 1. The average Bonchev–Trinajstić information content (AvgIpc) is 3.02. The molecule has 0 radical (unpaired) electrons. The number of nitrogens with zero attached hydrogens (tertiary/aromatic N) is 3. The largest absolute Gasteiger partial charge is 0.457 e. The number of allylic oxidation sites excluding steroid dienone is 2.